The van der Waals surface area contributed by atoms with E-state index in [4.69, 9.17) is 34.7 Å². The zero-order valence-electron chi connectivity index (χ0n) is 7.11. The number of benzene rings is 1. The van der Waals surface area contributed by atoms with Crippen molar-refractivity contribution in [3.63, 3.8) is 0 Å². The summed E-state index contributed by atoms with van der Waals surface area (Å²) < 4.78 is 0. The molecule has 1 aromatic rings. The molecule has 4 N–H and O–H groups in total. The fraction of sp³-hybridized carbons (Fsp3) is 0. The van der Waals surface area contributed by atoms with E-state index in [9.17, 15) is 0 Å². The highest BCUT2D eigenvalue weighted by Gasteiger charge is 1.97. The van der Waals surface area contributed by atoms with Crippen LogP contribution in [0.3, 0.4) is 0 Å². The van der Waals surface area contributed by atoms with Gasteiger partial charge in [0.1, 0.15) is 0 Å². The molecule has 0 saturated carbocycles. The van der Waals surface area contributed by atoms with Gasteiger partial charge in [-0.3, -0.25) is 0 Å². The first kappa shape index (κ1) is 10.8. The second-order valence-electron chi connectivity index (χ2n) is 2.44. The number of rotatable bonds is 2. The van der Waals surface area contributed by atoms with Crippen LogP contribution in [0.2, 0.25) is 10.0 Å². The first-order valence-corrected chi connectivity index (χ1v) is 4.42. The molecule has 1 aromatic carbocycles. The van der Waals surface area contributed by atoms with E-state index in [0.29, 0.717) is 15.6 Å². The summed E-state index contributed by atoms with van der Waals surface area (Å²) in [6.45, 7) is 0. The Morgan fingerprint density at radius 1 is 1.29 bits per heavy atom. The summed E-state index contributed by atoms with van der Waals surface area (Å²) in [7, 11) is 0. The summed E-state index contributed by atoms with van der Waals surface area (Å²) in [6.07, 6.45) is 1.42. The second kappa shape index (κ2) is 4.83. The number of hydrogen-bond acceptors (Lipinski definition) is 2. The molecule has 0 bridgehead atoms. The number of nitrogens with zero attached hydrogens (tertiary/aromatic N) is 2. The van der Waals surface area contributed by atoms with Gasteiger partial charge in [-0.2, -0.15) is 5.10 Å². The largest absolute Gasteiger partial charge is 0.369 e. The van der Waals surface area contributed by atoms with Gasteiger partial charge >= 0.3 is 0 Å². The van der Waals surface area contributed by atoms with Crippen LogP contribution in [-0.2, 0) is 0 Å². The Morgan fingerprint density at radius 3 is 2.64 bits per heavy atom. The molecule has 0 unspecified atom stereocenters. The maximum atomic E-state index is 5.85. The van der Waals surface area contributed by atoms with E-state index in [1.54, 1.807) is 18.2 Å². The molecule has 0 amide bonds. The third kappa shape index (κ3) is 3.24. The highest BCUT2D eigenvalue weighted by molar-refractivity contribution is 6.35. The van der Waals surface area contributed by atoms with Crippen molar-refractivity contribution < 1.29 is 0 Å². The lowest BCUT2D eigenvalue weighted by atomic mass is 10.2. The normalized spacial score (nSPS) is 10.4. The predicted octanol–water partition coefficient (Wildman–Crippen LogP) is 1.60. The van der Waals surface area contributed by atoms with Crippen molar-refractivity contribution >= 4 is 35.4 Å². The van der Waals surface area contributed by atoms with Crippen LogP contribution in [0.25, 0.3) is 0 Å². The van der Waals surface area contributed by atoms with E-state index >= 15 is 0 Å². The Hall–Kier alpha value is -1.26. The van der Waals surface area contributed by atoms with E-state index in [-0.39, 0.29) is 5.96 Å². The third-order valence-electron chi connectivity index (χ3n) is 1.33. The molecule has 1 rings (SSSR count). The molecule has 4 nitrogen and oxygen atoms in total. The smallest absolute Gasteiger partial charge is 0.211 e. The minimum Gasteiger partial charge on any atom is -0.369 e. The van der Waals surface area contributed by atoms with Gasteiger partial charge in [-0.1, -0.05) is 23.2 Å². The summed E-state index contributed by atoms with van der Waals surface area (Å²) in [5.74, 6) is -0.112. The summed E-state index contributed by atoms with van der Waals surface area (Å²) in [6, 6.07) is 5.01. The van der Waals surface area contributed by atoms with Crippen LogP contribution in [0.4, 0.5) is 0 Å². The molecule has 14 heavy (non-hydrogen) atoms. The summed E-state index contributed by atoms with van der Waals surface area (Å²) in [5.41, 5.74) is 10.8. The van der Waals surface area contributed by atoms with E-state index in [2.05, 4.69) is 10.2 Å². The van der Waals surface area contributed by atoms with Gasteiger partial charge < -0.3 is 11.5 Å². The molecule has 74 valence electrons. The Kier molecular flexibility index (Phi) is 3.73. The fourth-order valence-corrected chi connectivity index (χ4v) is 1.12. The Bertz CT molecular complexity index is 383. The van der Waals surface area contributed by atoms with Gasteiger partial charge in [0.15, 0.2) is 0 Å². The van der Waals surface area contributed by atoms with Gasteiger partial charge in [-0.05, 0) is 18.2 Å². The quantitative estimate of drug-likeness (QED) is 0.460. The van der Waals surface area contributed by atoms with Crippen molar-refractivity contribution in [2.24, 2.45) is 21.7 Å². The van der Waals surface area contributed by atoms with Gasteiger partial charge in [0.05, 0.1) is 6.21 Å². The number of guanidine groups is 1. The lowest BCUT2D eigenvalue weighted by molar-refractivity contribution is 1.21. The molecule has 6 heteroatoms. The maximum Gasteiger partial charge on any atom is 0.211 e. The Balaban J connectivity index is 2.91. The molecule has 0 radical (unpaired) electrons. The molecule has 0 heterocycles. The molecule has 0 fully saturated rings. The van der Waals surface area contributed by atoms with Crippen LogP contribution in [0, 0.1) is 0 Å². The van der Waals surface area contributed by atoms with Crippen LogP contribution < -0.4 is 11.5 Å². The predicted molar refractivity (Wildman–Crippen MR) is 59.9 cm³/mol. The van der Waals surface area contributed by atoms with Gasteiger partial charge in [0.25, 0.3) is 0 Å². The SMILES string of the molecule is NC(N)=NN=Cc1cc(Cl)ccc1Cl. The van der Waals surface area contributed by atoms with Crippen molar-refractivity contribution in [2.75, 3.05) is 0 Å². The maximum absolute atomic E-state index is 5.85. The molecule has 0 aromatic heterocycles. The van der Waals surface area contributed by atoms with Crippen LogP contribution >= 0.6 is 23.2 Å². The first-order valence-electron chi connectivity index (χ1n) is 3.66. The number of nitrogens with two attached hydrogens (primary N) is 2. The fourth-order valence-electron chi connectivity index (χ4n) is 0.771. The van der Waals surface area contributed by atoms with E-state index in [1.807, 2.05) is 0 Å². The van der Waals surface area contributed by atoms with Crippen LogP contribution in [0.5, 0.6) is 0 Å². The molecule has 0 aliphatic carbocycles. The number of halogens is 2. The molecule has 0 aliphatic rings. The third-order valence-corrected chi connectivity index (χ3v) is 1.91. The zero-order chi connectivity index (χ0) is 10.6. The van der Waals surface area contributed by atoms with Gasteiger partial charge in [-0.15, -0.1) is 5.10 Å². The van der Waals surface area contributed by atoms with Crippen molar-refractivity contribution in [3.05, 3.63) is 33.8 Å². The molecular weight excluding hydrogens is 223 g/mol. The van der Waals surface area contributed by atoms with E-state index in [0.717, 1.165) is 0 Å². The average Bonchev–Trinajstić information content (AvgIpc) is 2.10. The van der Waals surface area contributed by atoms with Crippen LogP contribution in [0.1, 0.15) is 5.56 Å². The highest BCUT2D eigenvalue weighted by Crippen LogP contribution is 2.18. The van der Waals surface area contributed by atoms with Crippen molar-refractivity contribution in [1.82, 2.24) is 0 Å². The Morgan fingerprint density at radius 2 is 2.00 bits per heavy atom. The van der Waals surface area contributed by atoms with Gasteiger partial charge in [-0.25, -0.2) is 0 Å². The lowest BCUT2D eigenvalue weighted by Crippen LogP contribution is -2.21. The average molecular weight is 231 g/mol. The van der Waals surface area contributed by atoms with Crippen molar-refractivity contribution in [2.45, 2.75) is 0 Å². The van der Waals surface area contributed by atoms with Gasteiger partial charge in [0, 0.05) is 15.6 Å². The Labute approximate surface area is 91.2 Å². The lowest BCUT2D eigenvalue weighted by Gasteiger charge is -1.96. The topological polar surface area (TPSA) is 76.8 Å². The number of hydrogen-bond donors (Lipinski definition) is 2. The molecular formula is C8H8Cl2N4. The van der Waals surface area contributed by atoms with Crippen molar-refractivity contribution in [1.29, 1.82) is 0 Å². The van der Waals surface area contributed by atoms with E-state index in [1.165, 1.54) is 6.21 Å². The molecule has 0 spiro atoms. The first-order chi connectivity index (χ1) is 6.59. The van der Waals surface area contributed by atoms with Crippen LogP contribution in [-0.4, -0.2) is 12.2 Å². The summed E-state index contributed by atoms with van der Waals surface area (Å²) >= 11 is 11.6. The minimum atomic E-state index is -0.112. The van der Waals surface area contributed by atoms with Crippen molar-refractivity contribution in [3.8, 4) is 0 Å². The second-order valence-corrected chi connectivity index (χ2v) is 3.28. The molecule has 0 aliphatic heterocycles. The molecule has 0 atom stereocenters. The van der Waals surface area contributed by atoms with Crippen LogP contribution in [0.15, 0.2) is 28.4 Å². The molecule has 0 saturated heterocycles. The summed E-state index contributed by atoms with van der Waals surface area (Å²) in [5, 5.41) is 8.14. The minimum absolute atomic E-state index is 0.112. The highest BCUT2D eigenvalue weighted by atomic mass is 35.5. The zero-order valence-corrected chi connectivity index (χ0v) is 8.63. The summed E-state index contributed by atoms with van der Waals surface area (Å²) in [4.78, 5) is 0. The van der Waals surface area contributed by atoms with E-state index < -0.39 is 0 Å². The monoisotopic (exact) mass is 230 g/mol. The standard InChI is InChI=1S/C8H8Cl2N4/c9-6-1-2-7(10)5(3-6)4-13-14-8(11)12/h1-4H,(H4,11,12,14). The van der Waals surface area contributed by atoms with Gasteiger partial charge in [0.2, 0.25) is 5.96 Å².